The van der Waals surface area contributed by atoms with Gasteiger partial charge in [-0.15, -0.1) is 0 Å². The monoisotopic (exact) mass is 403 g/mol. The van der Waals surface area contributed by atoms with E-state index in [0.717, 1.165) is 27.4 Å². The van der Waals surface area contributed by atoms with Gasteiger partial charge in [-0.25, -0.2) is 0 Å². The van der Waals surface area contributed by atoms with Crippen LogP contribution < -0.4 is 10.5 Å². The quantitative estimate of drug-likeness (QED) is 0.796. The number of hydrogen-bond acceptors (Lipinski definition) is 5. The van der Waals surface area contributed by atoms with Crippen LogP contribution in [0.1, 0.15) is 30.6 Å². The van der Waals surface area contributed by atoms with Crippen molar-refractivity contribution in [1.82, 2.24) is 10.1 Å². The molecule has 20 heavy (non-hydrogen) atoms. The Kier molecular flexibility index (Phi) is 5.56. The second kappa shape index (κ2) is 7.19. The fourth-order valence-corrected chi connectivity index (χ4v) is 3.18. The van der Waals surface area contributed by atoms with Gasteiger partial charge in [-0.3, -0.25) is 0 Å². The maximum absolute atomic E-state index is 5.73. The zero-order valence-electron chi connectivity index (χ0n) is 11.0. The first-order valence-corrected chi connectivity index (χ1v) is 7.84. The van der Waals surface area contributed by atoms with Crippen LogP contribution in [0.15, 0.2) is 25.6 Å². The van der Waals surface area contributed by atoms with Gasteiger partial charge in [0.05, 0.1) is 8.95 Å². The summed E-state index contributed by atoms with van der Waals surface area (Å²) in [5.74, 6) is 1.88. The van der Waals surface area contributed by atoms with E-state index in [1.165, 1.54) is 0 Å². The van der Waals surface area contributed by atoms with E-state index in [2.05, 4.69) is 48.9 Å². The summed E-state index contributed by atoms with van der Waals surface area (Å²) in [5, 5.41) is 3.88. The molecule has 5 nitrogen and oxygen atoms in total. The van der Waals surface area contributed by atoms with Crippen LogP contribution in [0.3, 0.4) is 0 Å². The van der Waals surface area contributed by atoms with Crippen molar-refractivity contribution in [2.45, 2.75) is 32.9 Å². The molecule has 2 rings (SSSR count). The Balaban J connectivity index is 2.06. The van der Waals surface area contributed by atoms with Crippen LogP contribution in [0.4, 0.5) is 0 Å². The molecule has 0 aliphatic carbocycles. The van der Waals surface area contributed by atoms with E-state index in [-0.39, 0.29) is 6.61 Å². The lowest BCUT2D eigenvalue weighted by molar-refractivity contribution is 0.282. The first kappa shape index (κ1) is 15.5. The molecule has 1 aromatic carbocycles. The number of halogens is 2. The van der Waals surface area contributed by atoms with Crippen LogP contribution in [0.25, 0.3) is 0 Å². The number of rotatable bonds is 6. The van der Waals surface area contributed by atoms with Crippen LogP contribution in [-0.4, -0.2) is 10.1 Å². The van der Waals surface area contributed by atoms with E-state index in [4.69, 9.17) is 15.0 Å². The molecule has 0 radical (unpaired) electrons. The normalized spacial score (nSPS) is 10.8. The zero-order chi connectivity index (χ0) is 14.5. The van der Waals surface area contributed by atoms with Crippen molar-refractivity contribution in [3.63, 3.8) is 0 Å². The fraction of sp³-hybridized carbons (Fsp3) is 0.385. The van der Waals surface area contributed by atoms with Crippen LogP contribution in [0.5, 0.6) is 5.75 Å². The van der Waals surface area contributed by atoms with Gasteiger partial charge in [0.2, 0.25) is 11.7 Å². The topological polar surface area (TPSA) is 74.2 Å². The average molecular weight is 405 g/mol. The molecule has 7 heteroatoms. The third kappa shape index (κ3) is 3.80. The summed E-state index contributed by atoms with van der Waals surface area (Å²) >= 11 is 6.94. The van der Waals surface area contributed by atoms with Gasteiger partial charge in [-0.05, 0) is 56.0 Å². The zero-order valence-corrected chi connectivity index (χ0v) is 14.2. The minimum atomic E-state index is 0.256. The van der Waals surface area contributed by atoms with Crippen LogP contribution in [-0.2, 0) is 19.6 Å². The number of aromatic nitrogens is 2. The molecule has 0 aliphatic heterocycles. The van der Waals surface area contributed by atoms with Crippen molar-refractivity contribution >= 4 is 31.9 Å². The molecule has 2 aromatic rings. The standard InChI is InChI=1S/C13H15Br2N3O2/c1-2-3-12-17-11(18-20-12)7-19-13-9(14)4-8(6-16)5-10(13)15/h4-5H,2-3,6-7,16H2,1H3. The lowest BCUT2D eigenvalue weighted by Gasteiger charge is -2.10. The summed E-state index contributed by atoms with van der Waals surface area (Å²) < 4.78 is 12.5. The largest absolute Gasteiger partial charge is 0.483 e. The molecule has 0 amide bonds. The Morgan fingerprint density at radius 3 is 2.60 bits per heavy atom. The summed E-state index contributed by atoms with van der Waals surface area (Å²) in [6.45, 7) is 2.79. The third-order valence-electron chi connectivity index (χ3n) is 2.61. The molecule has 2 N–H and O–H groups in total. The third-order valence-corrected chi connectivity index (χ3v) is 3.79. The van der Waals surface area contributed by atoms with Crippen molar-refractivity contribution in [2.75, 3.05) is 0 Å². The van der Waals surface area contributed by atoms with Crippen LogP contribution in [0, 0.1) is 0 Å². The average Bonchev–Trinajstić information content (AvgIpc) is 2.85. The summed E-state index contributed by atoms with van der Waals surface area (Å²) in [7, 11) is 0. The highest BCUT2D eigenvalue weighted by Crippen LogP contribution is 2.35. The molecule has 1 aromatic heterocycles. The Morgan fingerprint density at radius 1 is 1.30 bits per heavy atom. The molecule has 1 heterocycles. The van der Waals surface area contributed by atoms with Gasteiger partial charge in [0.15, 0.2) is 6.61 Å². The molecule has 0 bridgehead atoms. The van der Waals surface area contributed by atoms with Crippen molar-refractivity contribution in [3.05, 3.63) is 38.4 Å². The Hall–Kier alpha value is -0.920. The SMILES string of the molecule is CCCc1nc(COc2c(Br)cc(CN)cc2Br)no1. The van der Waals surface area contributed by atoms with E-state index >= 15 is 0 Å². The lowest BCUT2D eigenvalue weighted by Crippen LogP contribution is -2.01. The number of benzene rings is 1. The van der Waals surface area contributed by atoms with Crippen molar-refractivity contribution < 1.29 is 9.26 Å². The van der Waals surface area contributed by atoms with Gasteiger partial charge >= 0.3 is 0 Å². The molecule has 0 unspecified atom stereocenters. The number of hydrogen-bond donors (Lipinski definition) is 1. The van der Waals surface area contributed by atoms with Gasteiger partial charge in [-0.1, -0.05) is 12.1 Å². The summed E-state index contributed by atoms with van der Waals surface area (Å²) in [6, 6.07) is 3.86. The lowest BCUT2D eigenvalue weighted by atomic mass is 10.2. The summed E-state index contributed by atoms with van der Waals surface area (Å²) in [4.78, 5) is 4.25. The number of nitrogens with two attached hydrogens (primary N) is 1. The highest BCUT2D eigenvalue weighted by Gasteiger charge is 2.11. The summed E-state index contributed by atoms with van der Waals surface area (Å²) in [5.41, 5.74) is 6.63. The summed E-state index contributed by atoms with van der Waals surface area (Å²) in [6.07, 6.45) is 1.76. The molecular weight excluding hydrogens is 390 g/mol. The van der Waals surface area contributed by atoms with Gasteiger partial charge in [0.1, 0.15) is 5.75 Å². The van der Waals surface area contributed by atoms with E-state index in [9.17, 15) is 0 Å². The van der Waals surface area contributed by atoms with E-state index in [1.54, 1.807) is 0 Å². The van der Waals surface area contributed by atoms with Crippen molar-refractivity contribution in [2.24, 2.45) is 5.73 Å². The smallest absolute Gasteiger partial charge is 0.226 e. The fourth-order valence-electron chi connectivity index (χ4n) is 1.67. The highest BCUT2D eigenvalue weighted by atomic mass is 79.9. The minimum Gasteiger partial charge on any atom is -0.483 e. The second-order valence-electron chi connectivity index (χ2n) is 4.24. The minimum absolute atomic E-state index is 0.256. The first-order chi connectivity index (χ1) is 9.63. The van der Waals surface area contributed by atoms with E-state index < -0.39 is 0 Å². The van der Waals surface area contributed by atoms with Gasteiger partial charge in [0.25, 0.3) is 0 Å². The Labute approximate surface area is 134 Å². The van der Waals surface area contributed by atoms with Crippen molar-refractivity contribution in [1.29, 1.82) is 0 Å². The molecule has 0 saturated carbocycles. The molecule has 0 aliphatic rings. The van der Waals surface area contributed by atoms with Gasteiger partial charge in [0, 0.05) is 13.0 Å². The number of nitrogens with zero attached hydrogens (tertiary/aromatic N) is 2. The number of ether oxygens (including phenoxy) is 1. The highest BCUT2D eigenvalue weighted by molar-refractivity contribution is 9.11. The van der Waals surface area contributed by atoms with Crippen molar-refractivity contribution in [3.8, 4) is 5.75 Å². The molecule has 0 atom stereocenters. The Morgan fingerprint density at radius 2 is 2.00 bits per heavy atom. The molecule has 0 spiro atoms. The molecule has 0 fully saturated rings. The van der Waals surface area contributed by atoms with E-state index in [1.807, 2.05) is 12.1 Å². The van der Waals surface area contributed by atoms with Gasteiger partial charge < -0.3 is 15.0 Å². The molecule has 0 saturated heterocycles. The van der Waals surface area contributed by atoms with Crippen LogP contribution >= 0.6 is 31.9 Å². The predicted octanol–water partition coefficient (Wildman–Crippen LogP) is 3.58. The van der Waals surface area contributed by atoms with E-state index in [0.29, 0.717) is 24.0 Å². The molecule has 108 valence electrons. The maximum atomic E-state index is 5.73. The first-order valence-electron chi connectivity index (χ1n) is 6.26. The second-order valence-corrected chi connectivity index (χ2v) is 5.94. The van der Waals surface area contributed by atoms with Gasteiger partial charge in [-0.2, -0.15) is 4.98 Å². The molecular formula is C13H15Br2N3O2. The predicted molar refractivity (Wildman–Crippen MR) is 82.4 cm³/mol. The number of aryl methyl sites for hydroxylation is 1. The van der Waals surface area contributed by atoms with Crippen LogP contribution in [0.2, 0.25) is 0 Å². The maximum Gasteiger partial charge on any atom is 0.226 e. The Bertz CT molecular complexity index is 564.